The van der Waals surface area contributed by atoms with Gasteiger partial charge in [-0.2, -0.15) is 0 Å². The molecule has 0 heterocycles. The Morgan fingerprint density at radius 3 is 2.40 bits per heavy atom. The summed E-state index contributed by atoms with van der Waals surface area (Å²) in [5.41, 5.74) is 4.57. The Morgan fingerprint density at radius 1 is 1.50 bits per heavy atom. The Labute approximate surface area is 61.2 Å². The summed E-state index contributed by atoms with van der Waals surface area (Å²) < 4.78 is 5.12. The van der Waals surface area contributed by atoms with Crippen molar-refractivity contribution in [2.24, 2.45) is 5.73 Å². The third-order valence-electron chi connectivity index (χ3n) is 2.13. The largest absolute Gasteiger partial charge is 0.381 e. The third kappa shape index (κ3) is 1.94. The van der Waals surface area contributed by atoms with Crippen molar-refractivity contribution >= 4 is 0 Å². The van der Waals surface area contributed by atoms with Gasteiger partial charge in [-0.05, 0) is 25.7 Å². The van der Waals surface area contributed by atoms with Crippen LogP contribution in [0.4, 0.5) is 0 Å². The SMILES string of the molecule is COC1CCC(N)(O)CC1. The second-order valence-corrected chi connectivity index (χ2v) is 3.04. The molecular weight excluding hydrogens is 130 g/mol. The minimum Gasteiger partial charge on any atom is -0.381 e. The maximum atomic E-state index is 9.31. The molecule has 10 heavy (non-hydrogen) atoms. The summed E-state index contributed by atoms with van der Waals surface area (Å²) in [4.78, 5) is 0. The first kappa shape index (κ1) is 7.98. The fourth-order valence-corrected chi connectivity index (χ4v) is 1.33. The molecule has 1 fully saturated rings. The van der Waals surface area contributed by atoms with Crippen molar-refractivity contribution in [3.05, 3.63) is 0 Å². The standard InChI is InChI=1S/C7H15NO2/c1-10-6-2-4-7(8,9)5-3-6/h6,9H,2-5,8H2,1H3. The Balaban J connectivity index is 2.31. The molecule has 0 atom stereocenters. The van der Waals surface area contributed by atoms with Gasteiger partial charge in [-0.3, -0.25) is 0 Å². The fourth-order valence-electron chi connectivity index (χ4n) is 1.33. The topological polar surface area (TPSA) is 55.5 Å². The van der Waals surface area contributed by atoms with Crippen LogP contribution in [0.15, 0.2) is 0 Å². The highest BCUT2D eigenvalue weighted by atomic mass is 16.5. The van der Waals surface area contributed by atoms with Crippen LogP contribution in [0.3, 0.4) is 0 Å². The van der Waals surface area contributed by atoms with Crippen molar-refractivity contribution in [1.29, 1.82) is 0 Å². The Bertz CT molecular complexity index is 104. The summed E-state index contributed by atoms with van der Waals surface area (Å²) in [7, 11) is 1.70. The number of nitrogens with two attached hydrogens (primary N) is 1. The van der Waals surface area contributed by atoms with Crippen LogP contribution in [0.25, 0.3) is 0 Å². The molecule has 3 nitrogen and oxygen atoms in total. The third-order valence-corrected chi connectivity index (χ3v) is 2.13. The molecule has 0 bridgehead atoms. The molecular formula is C7H15NO2. The van der Waals surface area contributed by atoms with E-state index in [-0.39, 0.29) is 0 Å². The molecule has 0 unspecified atom stereocenters. The van der Waals surface area contributed by atoms with E-state index in [4.69, 9.17) is 10.5 Å². The summed E-state index contributed by atoms with van der Waals surface area (Å²) in [5, 5.41) is 9.31. The minimum atomic E-state index is -0.922. The van der Waals surface area contributed by atoms with Gasteiger partial charge in [0.05, 0.1) is 6.10 Å². The fraction of sp³-hybridized carbons (Fsp3) is 1.00. The number of aliphatic hydroxyl groups is 1. The van der Waals surface area contributed by atoms with Gasteiger partial charge < -0.3 is 15.6 Å². The maximum absolute atomic E-state index is 9.31. The van der Waals surface area contributed by atoms with Crippen molar-refractivity contribution < 1.29 is 9.84 Å². The molecule has 0 aromatic rings. The lowest BCUT2D eigenvalue weighted by atomic mass is 9.90. The molecule has 1 aliphatic carbocycles. The zero-order valence-electron chi connectivity index (χ0n) is 6.34. The average molecular weight is 145 g/mol. The first-order valence-electron chi connectivity index (χ1n) is 3.68. The van der Waals surface area contributed by atoms with E-state index in [1.165, 1.54) is 0 Å². The monoisotopic (exact) mass is 145 g/mol. The molecule has 3 heteroatoms. The Hall–Kier alpha value is -0.120. The van der Waals surface area contributed by atoms with Gasteiger partial charge in [0, 0.05) is 7.11 Å². The molecule has 0 saturated heterocycles. The quantitative estimate of drug-likeness (QED) is 0.519. The van der Waals surface area contributed by atoms with E-state index in [2.05, 4.69) is 0 Å². The van der Waals surface area contributed by atoms with Crippen molar-refractivity contribution in [2.45, 2.75) is 37.5 Å². The van der Waals surface area contributed by atoms with Gasteiger partial charge in [0.2, 0.25) is 0 Å². The smallest absolute Gasteiger partial charge is 0.113 e. The number of hydrogen-bond donors (Lipinski definition) is 2. The summed E-state index contributed by atoms with van der Waals surface area (Å²) >= 11 is 0. The van der Waals surface area contributed by atoms with Gasteiger partial charge in [0.25, 0.3) is 0 Å². The zero-order valence-corrected chi connectivity index (χ0v) is 6.34. The van der Waals surface area contributed by atoms with E-state index in [9.17, 15) is 5.11 Å². The molecule has 0 amide bonds. The van der Waals surface area contributed by atoms with Gasteiger partial charge in [0.15, 0.2) is 0 Å². The summed E-state index contributed by atoms with van der Waals surface area (Å²) in [6, 6.07) is 0. The summed E-state index contributed by atoms with van der Waals surface area (Å²) in [6.07, 6.45) is 3.38. The van der Waals surface area contributed by atoms with E-state index in [1.807, 2.05) is 0 Å². The average Bonchev–Trinajstić information content (AvgIpc) is 1.88. The second-order valence-electron chi connectivity index (χ2n) is 3.04. The van der Waals surface area contributed by atoms with E-state index in [0.29, 0.717) is 18.9 Å². The second kappa shape index (κ2) is 2.86. The van der Waals surface area contributed by atoms with E-state index in [0.717, 1.165) is 12.8 Å². The summed E-state index contributed by atoms with van der Waals surface area (Å²) in [5.74, 6) is 0. The minimum absolute atomic E-state index is 0.309. The van der Waals surface area contributed by atoms with Crippen LogP contribution in [0, 0.1) is 0 Å². The van der Waals surface area contributed by atoms with Crippen molar-refractivity contribution in [3.63, 3.8) is 0 Å². The Kier molecular flexibility index (Phi) is 2.28. The van der Waals surface area contributed by atoms with Crippen LogP contribution in [0.2, 0.25) is 0 Å². The van der Waals surface area contributed by atoms with Crippen LogP contribution in [-0.4, -0.2) is 24.0 Å². The number of methoxy groups -OCH3 is 1. The van der Waals surface area contributed by atoms with Crippen LogP contribution in [0.5, 0.6) is 0 Å². The van der Waals surface area contributed by atoms with E-state index < -0.39 is 5.72 Å². The molecule has 0 aliphatic heterocycles. The molecule has 1 rings (SSSR count). The predicted octanol–water partition coefficient (Wildman–Crippen LogP) is 0.223. The summed E-state index contributed by atoms with van der Waals surface area (Å²) in [6.45, 7) is 0. The molecule has 3 N–H and O–H groups in total. The highest BCUT2D eigenvalue weighted by Crippen LogP contribution is 2.25. The number of rotatable bonds is 1. The molecule has 0 radical (unpaired) electrons. The Morgan fingerprint density at radius 2 is 2.00 bits per heavy atom. The predicted molar refractivity (Wildman–Crippen MR) is 38.4 cm³/mol. The molecule has 1 aliphatic rings. The van der Waals surface area contributed by atoms with Gasteiger partial charge in [-0.25, -0.2) is 0 Å². The molecule has 0 aromatic carbocycles. The highest BCUT2D eigenvalue weighted by molar-refractivity contribution is 4.80. The van der Waals surface area contributed by atoms with Crippen LogP contribution >= 0.6 is 0 Å². The van der Waals surface area contributed by atoms with Crippen LogP contribution < -0.4 is 5.73 Å². The molecule has 1 saturated carbocycles. The number of ether oxygens (including phenoxy) is 1. The lowest BCUT2D eigenvalue weighted by Gasteiger charge is -2.31. The van der Waals surface area contributed by atoms with Gasteiger partial charge in [-0.15, -0.1) is 0 Å². The zero-order chi connectivity index (χ0) is 7.61. The lowest BCUT2D eigenvalue weighted by Crippen LogP contribution is -2.44. The van der Waals surface area contributed by atoms with Gasteiger partial charge in [0.1, 0.15) is 5.72 Å². The van der Waals surface area contributed by atoms with Gasteiger partial charge >= 0.3 is 0 Å². The first-order chi connectivity index (χ1) is 4.64. The normalized spacial score (nSPS) is 41.7. The van der Waals surface area contributed by atoms with E-state index in [1.54, 1.807) is 7.11 Å². The van der Waals surface area contributed by atoms with Gasteiger partial charge in [-0.1, -0.05) is 0 Å². The van der Waals surface area contributed by atoms with Crippen molar-refractivity contribution in [3.8, 4) is 0 Å². The molecule has 0 spiro atoms. The number of hydrogen-bond acceptors (Lipinski definition) is 3. The first-order valence-corrected chi connectivity index (χ1v) is 3.68. The van der Waals surface area contributed by atoms with Crippen molar-refractivity contribution in [1.82, 2.24) is 0 Å². The molecule has 0 aromatic heterocycles. The van der Waals surface area contributed by atoms with Crippen LogP contribution in [0.1, 0.15) is 25.7 Å². The lowest BCUT2D eigenvalue weighted by molar-refractivity contribution is -0.0391. The van der Waals surface area contributed by atoms with Crippen LogP contribution in [-0.2, 0) is 4.74 Å². The van der Waals surface area contributed by atoms with Crippen molar-refractivity contribution in [2.75, 3.05) is 7.11 Å². The molecule has 60 valence electrons. The van der Waals surface area contributed by atoms with E-state index >= 15 is 0 Å². The highest BCUT2D eigenvalue weighted by Gasteiger charge is 2.28. The maximum Gasteiger partial charge on any atom is 0.113 e.